The van der Waals surface area contributed by atoms with Crippen molar-refractivity contribution in [2.24, 2.45) is 0 Å². The van der Waals surface area contributed by atoms with Gasteiger partial charge in [0.05, 0.1) is 6.33 Å². The summed E-state index contributed by atoms with van der Waals surface area (Å²) < 4.78 is 27.5. The molecule has 1 aromatic heterocycles. The molecule has 0 aliphatic carbocycles. The van der Waals surface area contributed by atoms with Crippen molar-refractivity contribution in [1.82, 2.24) is 19.0 Å². The molecular formula is C10H16N4O4S. The van der Waals surface area contributed by atoms with Crippen LogP contribution in [-0.4, -0.2) is 52.9 Å². The Balaban J connectivity index is 2.06. The molecule has 0 unspecified atom stereocenters. The van der Waals surface area contributed by atoms with Gasteiger partial charge in [-0.05, 0) is 12.8 Å². The van der Waals surface area contributed by atoms with E-state index in [4.69, 9.17) is 5.11 Å². The SMILES string of the molecule is O=C(O)[C@@H](Cc1cnc[nH]1)NS(=O)(=O)N1CCCC1. The number of carboxylic acid groups (broad SMARTS) is 1. The first-order valence-electron chi connectivity index (χ1n) is 5.96. The fourth-order valence-corrected chi connectivity index (χ4v) is 3.41. The predicted octanol–water partition coefficient (Wildman–Crippen LogP) is -0.664. The van der Waals surface area contributed by atoms with Crippen LogP contribution >= 0.6 is 0 Å². The van der Waals surface area contributed by atoms with Gasteiger partial charge in [0.15, 0.2) is 0 Å². The van der Waals surface area contributed by atoms with E-state index in [-0.39, 0.29) is 6.42 Å². The van der Waals surface area contributed by atoms with E-state index in [1.807, 2.05) is 0 Å². The first-order valence-corrected chi connectivity index (χ1v) is 7.40. The first-order chi connectivity index (χ1) is 8.99. The van der Waals surface area contributed by atoms with Gasteiger partial charge in [-0.2, -0.15) is 17.4 Å². The number of nitrogens with one attached hydrogen (secondary N) is 2. The lowest BCUT2D eigenvalue weighted by atomic mass is 10.2. The van der Waals surface area contributed by atoms with E-state index in [9.17, 15) is 13.2 Å². The van der Waals surface area contributed by atoms with Crippen LogP contribution in [0, 0.1) is 0 Å². The van der Waals surface area contributed by atoms with E-state index in [1.54, 1.807) is 0 Å². The van der Waals surface area contributed by atoms with Crippen LogP contribution in [0.1, 0.15) is 18.5 Å². The quantitative estimate of drug-likeness (QED) is 0.642. The highest BCUT2D eigenvalue weighted by atomic mass is 32.2. The Morgan fingerprint density at radius 3 is 2.74 bits per heavy atom. The molecule has 8 nitrogen and oxygen atoms in total. The van der Waals surface area contributed by atoms with E-state index in [0.717, 1.165) is 12.8 Å². The molecule has 2 rings (SSSR count). The number of hydrogen-bond donors (Lipinski definition) is 3. The van der Waals surface area contributed by atoms with E-state index in [0.29, 0.717) is 18.8 Å². The highest BCUT2D eigenvalue weighted by Gasteiger charge is 2.30. The lowest BCUT2D eigenvalue weighted by molar-refractivity contribution is -0.139. The predicted molar refractivity (Wildman–Crippen MR) is 66.6 cm³/mol. The maximum Gasteiger partial charge on any atom is 0.322 e. The molecule has 0 bridgehead atoms. The average Bonchev–Trinajstić information content (AvgIpc) is 3.00. The monoisotopic (exact) mass is 288 g/mol. The third-order valence-corrected chi connectivity index (χ3v) is 4.60. The lowest BCUT2D eigenvalue weighted by Crippen LogP contribution is -2.48. The second kappa shape index (κ2) is 5.68. The van der Waals surface area contributed by atoms with Gasteiger partial charge in [-0.1, -0.05) is 0 Å². The molecule has 0 aromatic carbocycles. The summed E-state index contributed by atoms with van der Waals surface area (Å²) in [6, 6.07) is -1.20. The third kappa shape index (κ3) is 3.52. The minimum atomic E-state index is -3.74. The summed E-state index contributed by atoms with van der Waals surface area (Å²) in [5.41, 5.74) is 0.566. The molecule has 1 saturated heterocycles. The van der Waals surface area contributed by atoms with Crippen LogP contribution in [0.5, 0.6) is 0 Å². The summed E-state index contributed by atoms with van der Waals surface area (Å²) in [5, 5.41) is 9.10. The maximum absolute atomic E-state index is 12.0. The van der Waals surface area contributed by atoms with Crippen LogP contribution in [0.3, 0.4) is 0 Å². The molecule has 9 heteroatoms. The summed E-state index contributed by atoms with van der Waals surface area (Å²) in [6.07, 6.45) is 4.53. The standard InChI is InChI=1S/C10H16N4O4S/c15-10(16)9(5-8-6-11-7-12-8)13-19(17,18)14-3-1-2-4-14/h6-7,9,13H,1-5H2,(H,11,12)(H,15,16)/t9-/m1/s1. The number of aliphatic carboxylic acids is 1. The Morgan fingerprint density at radius 1 is 1.53 bits per heavy atom. The van der Waals surface area contributed by atoms with Gasteiger partial charge in [0.1, 0.15) is 6.04 Å². The largest absolute Gasteiger partial charge is 0.480 e. The molecule has 1 fully saturated rings. The Kier molecular flexibility index (Phi) is 4.17. The molecule has 1 aliphatic rings. The Morgan fingerprint density at radius 2 is 2.21 bits per heavy atom. The van der Waals surface area contributed by atoms with Gasteiger partial charge in [0.2, 0.25) is 0 Å². The molecule has 1 aromatic rings. The molecular weight excluding hydrogens is 272 g/mol. The number of carboxylic acids is 1. The highest BCUT2D eigenvalue weighted by molar-refractivity contribution is 7.87. The van der Waals surface area contributed by atoms with Gasteiger partial charge < -0.3 is 10.1 Å². The van der Waals surface area contributed by atoms with E-state index in [2.05, 4.69) is 14.7 Å². The van der Waals surface area contributed by atoms with Gasteiger partial charge in [-0.3, -0.25) is 4.79 Å². The number of aromatic nitrogens is 2. The summed E-state index contributed by atoms with van der Waals surface area (Å²) in [6.45, 7) is 0.872. The van der Waals surface area contributed by atoms with Crippen LogP contribution in [0.4, 0.5) is 0 Å². The zero-order valence-corrected chi connectivity index (χ0v) is 11.1. The minimum absolute atomic E-state index is 0.0302. The van der Waals surface area contributed by atoms with Crippen molar-refractivity contribution in [1.29, 1.82) is 0 Å². The molecule has 1 atom stereocenters. The van der Waals surface area contributed by atoms with E-state index >= 15 is 0 Å². The van der Waals surface area contributed by atoms with Crippen LogP contribution in [0.2, 0.25) is 0 Å². The topological polar surface area (TPSA) is 115 Å². The first kappa shape index (κ1) is 14.0. The van der Waals surface area contributed by atoms with Crippen LogP contribution in [0.15, 0.2) is 12.5 Å². The summed E-state index contributed by atoms with van der Waals surface area (Å²) in [5.74, 6) is -1.21. The van der Waals surface area contributed by atoms with Gasteiger partial charge in [0, 0.05) is 31.4 Å². The summed E-state index contributed by atoms with van der Waals surface area (Å²) in [4.78, 5) is 17.7. The number of hydrogen-bond acceptors (Lipinski definition) is 4. The van der Waals surface area contributed by atoms with Crippen molar-refractivity contribution in [2.75, 3.05) is 13.1 Å². The summed E-state index contributed by atoms with van der Waals surface area (Å²) in [7, 11) is -3.74. The second-order valence-electron chi connectivity index (χ2n) is 4.40. The fraction of sp³-hybridized carbons (Fsp3) is 0.600. The van der Waals surface area contributed by atoms with Gasteiger partial charge in [-0.25, -0.2) is 4.98 Å². The third-order valence-electron chi connectivity index (χ3n) is 2.97. The molecule has 2 heterocycles. The summed E-state index contributed by atoms with van der Waals surface area (Å²) >= 11 is 0. The van der Waals surface area contributed by atoms with Crippen molar-refractivity contribution in [3.05, 3.63) is 18.2 Å². The molecule has 3 N–H and O–H groups in total. The molecule has 0 saturated carbocycles. The number of nitrogens with zero attached hydrogens (tertiary/aromatic N) is 2. The molecule has 106 valence electrons. The van der Waals surface area contributed by atoms with Crippen molar-refractivity contribution in [2.45, 2.75) is 25.3 Å². The minimum Gasteiger partial charge on any atom is -0.480 e. The molecule has 19 heavy (non-hydrogen) atoms. The molecule has 1 aliphatic heterocycles. The fourth-order valence-electron chi connectivity index (χ4n) is 1.98. The smallest absolute Gasteiger partial charge is 0.322 e. The van der Waals surface area contributed by atoms with E-state index < -0.39 is 22.2 Å². The van der Waals surface area contributed by atoms with Gasteiger partial charge in [0.25, 0.3) is 10.2 Å². The zero-order chi connectivity index (χ0) is 13.9. The highest BCUT2D eigenvalue weighted by Crippen LogP contribution is 2.12. The van der Waals surface area contributed by atoms with Crippen LogP contribution < -0.4 is 4.72 Å². The number of rotatable bonds is 6. The van der Waals surface area contributed by atoms with Gasteiger partial charge >= 0.3 is 5.97 Å². The number of aromatic amines is 1. The van der Waals surface area contributed by atoms with Crippen molar-refractivity contribution in [3.63, 3.8) is 0 Å². The Hall–Kier alpha value is -1.45. The van der Waals surface area contributed by atoms with Crippen LogP contribution in [-0.2, 0) is 21.4 Å². The molecule has 0 amide bonds. The van der Waals surface area contributed by atoms with E-state index in [1.165, 1.54) is 16.8 Å². The zero-order valence-electron chi connectivity index (χ0n) is 10.2. The number of imidazole rings is 1. The lowest BCUT2D eigenvalue weighted by Gasteiger charge is -2.19. The Bertz CT molecular complexity index is 522. The number of carbonyl (C=O) groups is 1. The van der Waals surface area contributed by atoms with Crippen molar-refractivity contribution >= 4 is 16.2 Å². The molecule has 0 spiro atoms. The molecule has 0 radical (unpaired) electrons. The van der Waals surface area contributed by atoms with Crippen LogP contribution in [0.25, 0.3) is 0 Å². The van der Waals surface area contributed by atoms with Gasteiger partial charge in [-0.15, -0.1) is 0 Å². The van der Waals surface area contributed by atoms with Crippen molar-refractivity contribution < 1.29 is 18.3 Å². The number of H-pyrrole nitrogens is 1. The maximum atomic E-state index is 12.0. The second-order valence-corrected chi connectivity index (χ2v) is 6.10. The average molecular weight is 288 g/mol. The Labute approximate surface area is 111 Å². The normalized spacial score (nSPS) is 18.5. The van der Waals surface area contributed by atoms with Crippen molar-refractivity contribution in [3.8, 4) is 0 Å².